The topological polar surface area (TPSA) is 97.3 Å². The van der Waals surface area contributed by atoms with Gasteiger partial charge in [-0.1, -0.05) is 12.1 Å². The monoisotopic (exact) mass is 415 g/mol. The first kappa shape index (κ1) is 20.3. The predicted molar refractivity (Wildman–Crippen MR) is 108 cm³/mol. The molecule has 3 rings (SSSR count). The zero-order valence-corrected chi connectivity index (χ0v) is 16.2. The average Bonchev–Trinajstić information content (AvgIpc) is 2.66. The van der Waals surface area contributed by atoms with E-state index in [2.05, 4.69) is 10.0 Å². The third kappa shape index (κ3) is 5.08. The molecule has 29 heavy (non-hydrogen) atoms. The van der Waals surface area contributed by atoms with Gasteiger partial charge in [-0.2, -0.15) is 0 Å². The lowest BCUT2D eigenvalue weighted by atomic mass is 10.2. The number of amides is 1. The number of hydrogen-bond donors (Lipinski definition) is 2. The van der Waals surface area contributed by atoms with Gasteiger partial charge in [-0.05, 0) is 54.1 Å². The van der Waals surface area contributed by atoms with Gasteiger partial charge in [-0.25, -0.2) is 12.8 Å². The Kier molecular flexibility index (Phi) is 5.79. The largest absolute Gasteiger partial charge is 0.326 e. The van der Waals surface area contributed by atoms with Gasteiger partial charge in [0.15, 0.2) is 0 Å². The third-order valence-electron chi connectivity index (χ3n) is 4.02. The van der Waals surface area contributed by atoms with E-state index in [1.54, 1.807) is 18.2 Å². The van der Waals surface area contributed by atoms with E-state index in [1.807, 2.05) is 0 Å². The highest BCUT2D eigenvalue weighted by Crippen LogP contribution is 2.17. The zero-order valence-electron chi connectivity index (χ0n) is 15.4. The predicted octanol–water partition coefficient (Wildman–Crippen LogP) is 2.79. The summed E-state index contributed by atoms with van der Waals surface area (Å²) in [4.78, 5) is 23.6. The summed E-state index contributed by atoms with van der Waals surface area (Å²) in [5.41, 5.74) is 0.510. The van der Waals surface area contributed by atoms with Crippen LogP contribution in [0, 0.1) is 5.82 Å². The van der Waals surface area contributed by atoms with Gasteiger partial charge < -0.3 is 9.88 Å². The minimum Gasteiger partial charge on any atom is -0.326 e. The van der Waals surface area contributed by atoms with E-state index >= 15 is 0 Å². The number of hydrogen-bond acceptors (Lipinski definition) is 4. The molecular weight excluding hydrogens is 397 g/mol. The van der Waals surface area contributed by atoms with Crippen LogP contribution < -0.4 is 15.6 Å². The van der Waals surface area contributed by atoms with Crippen molar-refractivity contribution in [2.45, 2.75) is 18.4 Å². The maximum Gasteiger partial charge on any atom is 0.275 e. The molecule has 9 heteroatoms. The molecule has 0 saturated carbocycles. The number of benzene rings is 2. The van der Waals surface area contributed by atoms with E-state index in [1.165, 1.54) is 60.2 Å². The van der Waals surface area contributed by atoms with Crippen molar-refractivity contribution >= 4 is 27.3 Å². The van der Waals surface area contributed by atoms with E-state index in [4.69, 9.17) is 0 Å². The standard InChI is InChI=1S/C20H18FN3O4S/c1-14(25)22-17-8-10-18(11-9-17)29(27,28)23-19-3-2-12-24(20(19)26)13-15-4-6-16(21)7-5-15/h2-12,23H,13H2,1H3,(H,22,25). The number of halogens is 1. The highest BCUT2D eigenvalue weighted by atomic mass is 32.2. The second kappa shape index (κ2) is 8.27. The summed E-state index contributed by atoms with van der Waals surface area (Å²) in [5, 5.41) is 2.55. The molecule has 1 aromatic heterocycles. The van der Waals surface area contributed by atoms with E-state index in [0.29, 0.717) is 11.3 Å². The molecule has 1 heterocycles. The summed E-state index contributed by atoms with van der Waals surface area (Å²) in [6.07, 6.45) is 1.52. The van der Waals surface area contributed by atoms with Crippen LogP contribution in [0.5, 0.6) is 0 Å². The number of sulfonamides is 1. The van der Waals surface area contributed by atoms with Gasteiger partial charge in [0.25, 0.3) is 15.6 Å². The molecule has 7 nitrogen and oxygen atoms in total. The molecule has 0 bridgehead atoms. The Bertz CT molecular complexity index is 1190. The van der Waals surface area contributed by atoms with Crippen LogP contribution in [0.3, 0.4) is 0 Å². The molecule has 0 saturated heterocycles. The Hall–Kier alpha value is -3.46. The van der Waals surface area contributed by atoms with Crippen molar-refractivity contribution in [3.05, 3.63) is 88.6 Å². The lowest BCUT2D eigenvalue weighted by Crippen LogP contribution is -2.26. The molecule has 0 fully saturated rings. The Labute approximate surface area is 166 Å². The summed E-state index contributed by atoms with van der Waals surface area (Å²) in [6.45, 7) is 1.51. The average molecular weight is 415 g/mol. The second-order valence-electron chi connectivity index (χ2n) is 6.29. The Morgan fingerprint density at radius 3 is 2.31 bits per heavy atom. The Morgan fingerprint density at radius 2 is 1.69 bits per heavy atom. The van der Waals surface area contributed by atoms with Gasteiger partial charge in [-0.3, -0.25) is 14.3 Å². The number of pyridine rings is 1. The maximum atomic E-state index is 13.0. The van der Waals surface area contributed by atoms with Crippen LogP contribution >= 0.6 is 0 Å². The summed E-state index contributed by atoms with van der Waals surface area (Å²) >= 11 is 0. The van der Waals surface area contributed by atoms with E-state index < -0.39 is 15.6 Å². The number of nitrogens with one attached hydrogen (secondary N) is 2. The summed E-state index contributed by atoms with van der Waals surface area (Å²) < 4.78 is 41.9. The van der Waals surface area contributed by atoms with Crippen molar-refractivity contribution in [3.8, 4) is 0 Å². The van der Waals surface area contributed by atoms with Gasteiger partial charge in [0, 0.05) is 18.8 Å². The minimum atomic E-state index is -4.00. The number of nitrogens with zero attached hydrogens (tertiary/aromatic N) is 1. The van der Waals surface area contributed by atoms with Crippen molar-refractivity contribution in [2.24, 2.45) is 0 Å². The van der Waals surface area contributed by atoms with Crippen LogP contribution in [0.4, 0.5) is 15.8 Å². The van der Waals surface area contributed by atoms with Gasteiger partial charge >= 0.3 is 0 Å². The molecular formula is C20H18FN3O4S. The first-order valence-electron chi connectivity index (χ1n) is 8.59. The maximum absolute atomic E-state index is 13.0. The molecule has 0 aliphatic carbocycles. The molecule has 150 valence electrons. The lowest BCUT2D eigenvalue weighted by molar-refractivity contribution is -0.114. The summed E-state index contributed by atoms with van der Waals surface area (Å²) in [6, 6.07) is 14.2. The van der Waals surface area contributed by atoms with Crippen LogP contribution in [-0.4, -0.2) is 18.9 Å². The van der Waals surface area contributed by atoms with Crippen LogP contribution in [0.2, 0.25) is 0 Å². The van der Waals surface area contributed by atoms with Crippen molar-refractivity contribution in [3.63, 3.8) is 0 Å². The molecule has 0 unspecified atom stereocenters. The lowest BCUT2D eigenvalue weighted by Gasteiger charge is -2.11. The molecule has 0 radical (unpaired) electrons. The fraction of sp³-hybridized carbons (Fsp3) is 0.100. The van der Waals surface area contributed by atoms with E-state index in [0.717, 1.165) is 0 Å². The fourth-order valence-corrected chi connectivity index (χ4v) is 3.71. The summed E-state index contributed by atoms with van der Waals surface area (Å²) in [5.74, 6) is -0.656. The van der Waals surface area contributed by atoms with Crippen LogP contribution in [0.25, 0.3) is 0 Å². The van der Waals surface area contributed by atoms with E-state index in [-0.39, 0.29) is 28.9 Å². The van der Waals surface area contributed by atoms with Crippen molar-refractivity contribution in [1.82, 2.24) is 4.57 Å². The first-order chi connectivity index (χ1) is 13.7. The normalized spacial score (nSPS) is 11.1. The smallest absolute Gasteiger partial charge is 0.275 e. The van der Waals surface area contributed by atoms with Crippen molar-refractivity contribution in [1.29, 1.82) is 0 Å². The summed E-state index contributed by atoms with van der Waals surface area (Å²) in [7, 11) is -4.00. The molecule has 0 atom stereocenters. The number of aromatic nitrogens is 1. The fourth-order valence-electron chi connectivity index (χ4n) is 2.65. The number of rotatable bonds is 6. The van der Waals surface area contributed by atoms with E-state index in [9.17, 15) is 22.4 Å². The number of carbonyl (C=O) groups is 1. The molecule has 0 aliphatic rings. The third-order valence-corrected chi connectivity index (χ3v) is 5.40. The van der Waals surface area contributed by atoms with Gasteiger partial charge in [0.05, 0.1) is 11.4 Å². The molecule has 2 aromatic carbocycles. The quantitative estimate of drug-likeness (QED) is 0.647. The highest BCUT2D eigenvalue weighted by molar-refractivity contribution is 7.92. The zero-order chi connectivity index (χ0) is 21.0. The molecule has 1 amide bonds. The number of anilines is 2. The molecule has 0 spiro atoms. The van der Waals surface area contributed by atoms with Crippen molar-refractivity contribution < 1.29 is 17.6 Å². The first-order valence-corrected chi connectivity index (χ1v) is 10.1. The van der Waals surface area contributed by atoms with Gasteiger partial charge in [0.1, 0.15) is 11.5 Å². The van der Waals surface area contributed by atoms with Gasteiger partial charge in [-0.15, -0.1) is 0 Å². The SMILES string of the molecule is CC(=O)Nc1ccc(S(=O)(=O)Nc2cccn(Cc3ccc(F)cc3)c2=O)cc1. The van der Waals surface area contributed by atoms with Crippen LogP contribution in [-0.2, 0) is 21.4 Å². The minimum absolute atomic E-state index is 0.0556. The van der Waals surface area contributed by atoms with Crippen LogP contribution in [0.1, 0.15) is 12.5 Å². The van der Waals surface area contributed by atoms with Gasteiger partial charge in [0.2, 0.25) is 5.91 Å². The Morgan fingerprint density at radius 1 is 1.03 bits per heavy atom. The molecule has 3 aromatic rings. The Balaban J connectivity index is 1.82. The molecule has 2 N–H and O–H groups in total. The second-order valence-corrected chi connectivity index (χ2v) is 7.97. The highest BCUT2D eigenvalue weighted by Gasteiger charge is 2.16. The van der Waals surface area contributed by atoms with Crippen LogP contribution in [0.15, 0.2) is 76.6 Å². The molecule has 0 aliphatic heterocycles. The van der Waals surface area contributed by atoms with Crippen molar-refractivity contribution in [2.75, 3.05) is 10.0 Å². The number of carbonyl (C=O) groups excluding carboxylic acids is 1.